The van der Waals surface area contributed by atoms with E-state index >= 15 is 0 Å². The summed E-state index contributed by atoms with van der Waals surface area (Å²) in [5.41, 5.74) is 5.80. The highest BCUT2D eigenvalue weighted by Crippen LogP contribution is 2.34. The fourth-order valence-electron chi connectivity index (χ4n) is 2.04. The predicted octanol–water partition coefficient (Wildman–Crippen LogP) is 1.67. The maximum Gasteiger partial charge on any atom is 0.294 e. The number of rotatable bonds is 3. The Morgan fingerprint density at radius 2 is 2.28 bits per heavy atom. The van der Waals surface area contributed by atoms with E-state index in [1.54, 1.807) is 12.1 Å². The summed E-state index contributed by atoms with van der Waals surface area (Å²) in [7, 11) is 0. The number of nitro benzene ring substituents is 1. The number of halogens is 1. The van der Waals surface area contributed by atoms with Crippen LogP contribution in [0.1, 0.15) is 6.42 Å². The highest BCUT2D eigenvalue weighted by Gasteiger charge is 2.33. The van der Waals surface area contributed by atoms with Crippen molar-refractivity contribution in [3.05, 3.63) is 32.8 Å². The zero-order valence-corrected chi connectivity index (χ0v) is 11.1. The van der Waals surface area contributed by atoms with Gasteiger partial charge in [-0.1, -0.05) is 15.9 Å². The summed E-state index contributed by atoms with van der Waals surface area (Å²) >= 11 is 3.19. The molecule has 1 unspecified atom stereocenters. The number of nitrogens with zero attached hydrogens (tertiary/aromatic N) is 2. The topological polar surface area (TPSA) is 89.5 Å². The lowest BCUT2D eigenvalue weighted by Gasteiger charge is -2.16. The number of amides is 1. The van der Waals surface area contributed by atoms with Gasteiger partial charge >= 0.3 is 0 Å². The number of nitrogens with two attached hydrogens (primary N) is 1. The van der Waals surface area contributed by atoms with Gasteiger partial charge in [0, 0.05) is 23.5 Å². The molecular weight excluding hydrogens is 302 g/mol. The zero-order valence-electron chi connectivity index (χ0n) is 9.51. The van der Waals surface area contributed by atoms with Gasteiger partial charge in [-0.05, 0) is 24.6 Å². The van der Waals surface area contributed by atoms with Gasteiger partial charge in [-0.15, -0.1) is 0 Å². The van der Waals surface area contributed by atoms with Gasteiger partial charge in [0.15, 0.2) is 0 Å². The van der Waals surface area contributed by atoms with Crippen LogP contribution in [0.3, 0.4) is 0 Å². The first-order valence-corrected chi connectivity index (χ1v) is 6.26. The molecule has 2 N–H and O–H groups in total. The fourth-order valence-corrected chi connectivity index (χ4v) is 2.39. The molecule has 2 rings (SSSR count). The Morgan fingerprint density at radius 3 is 2.83 bits per heavy atom. The molecule has 1 saturated heterocycles. The van der Waals surface area contributed by atoms with Crippen LogP contribution in [0.5, 0.6) is 0 Å². The number of carbonyl (C=O) groups is 1. The SMILES string of the molecule is NCC1CC(=O)N(c2ccc(Br)cc2[N+](=O)[O-])C1. The Morgan fingerprint density at radius 1 is 1.56 bits per heavy atom. The van der Waals surface area contributed by atoms with Crippen LogP contribution in [0.2, 0.25) is 0 Å². The molecule has 0 bridgehead atoms. The summed E-state index contributed by atoms with van der Waals surface area (Å²) in [4.78, 5) is 23.8. The van der Waals surface area contributed by atoms with E-state index in [2.05, 4.69) is 15.9 Å². The molecule has 1 amide bonds. The Bertz CT molecular complexity index is 506. The Labute approximate surface area is 112 Å². The molecule has 1 aliphatic rings. The van der Waals surface area contributed by atoms with Crippen LogP contribution >= 0.6 is 15.9 Å². The normalized spacial score (nSPS) is 19.3. The minimum Gasteiger partial charge on any atom is -0.330 e. The summed E-state index contributed by atoms with van der Waals surface area (Å²) in [6.07, 6.45) is 0.351. The van der Waals surface area contributed by atoms with Crippen LogP contribution in [0.25, 0.3) is 0 Å². The second kappa shape index (κ2) is 5.03. The van der Waals surface area contributed by atoms with Crippen molar-refractivity contribution in [2.24, 2.45) is 11.7 Å². The molecule has 0 radical (unpaired) electrons. The number of carbonyl (C=O) groups excluding carboxylic acids is 1. The molecule has 1 aliphatic heterocycles. The molecule has 1 aromatic carbocycles. The van der Waals surface area contributed by atoms with Crippen molar-refractivity contribution in [1.29, 1.82) is 0 Å². The van der Waals surface area contributed by atoms with Crippen molar-refractivity contribution in [3.8, 4) is 0 Å². The first-order valence-electron chi connectivity index (χ1n) is 5.47. The first kappa shape index (κ1) is 13.0. The summed E-state index contributed by atoms with van der Waals surface area (Å²) in [6.45, 7) is 0.852. The van der Waals surface area contributed by atoms with Crippen molar-refractivity contribution >= 4 is 33.2 Å². The average molecular weight is 314 g/mol. The summed E-state index contributed by atoms with van der Waals surface area (Å²) in [5.74, 6) is -0.0448. The van der Waals surface area contributed by atoms with Gasteiger partial charge in [-0.25, -0.2) is 0 Å². The van der Waals surface area contributed by atoms with E-state index in [1.165, 1.54) is 11.0 Å². The van der Waals surface area contributed by atoms with E-state index in [4.69, 9.17) is 5.73 Å². The minimum atomic E-state index is -0.483. The quantitative estimate of drug-likeness (QED) is 0.679. The van der Waals surface area contributed by atoms with Crippen molar-refractivity contribution in [3.63, 3.8) is 0 Å². The summed E-state index contributed by atoms with van der Waals surface area (Å²) in [6, 6.07) is 4.67. The minimum absolute atomic E-state index is 0.0701. The van der Waals surface area contributed by atoms with E-state index in [0.29, 0.717) is 29.7 Å². The average Bonchev–Trinajstić information content (AvgIpc) is 2.70. The van der Waals surface area contributed by atoms with Gasteiger partial charge in [0.2, 0.25) is 5.91 Å². The van der Waals surface area contributed by atoms with Gasteiger partial charge in [-0.3, -0.25) is 14.9 Å². The molecule has 6 nitrogen and oxygen atoms in total. The van der Waals surface area contributed by atoms with Crippen LogP contribution < -0.4 is 10.6 Å². The van der Waals surface area contributed by atoms with Gasteiger partial charge in [0.05, 0.1) is 4.92 Å². The summed E-state index contributed by atoms with van der Waals surface area (Å²) in [5, 5.41) is 11.0. The lowest BCUT2D eigenvalue weighted by atomic mass is 10.1. The van der Waals surface area contributed by atoms with E-state index in [0.717, 1.165) is 0 Å². The van der Waals surface area contributed by atoms with Crippen LogP contribution in [0.15, 0.2) is 22.7 Å². The highest BCUT2D eigenvalue weighted by molar-refractivity contribution is 9.10. The van der Waals surface area contributed by atoms with Gasteiger partial charge < -0.3 is 10.6 Å². The van der Waals surface area contributed by atoms with Crippen LogP contribution in [-0.2, 0) is 4.79 Å². The molecule has 0 saturated carbocycles. The number of hydrogen-bond acceptors (Lipinski definition) is 4. The Hall–Kier alpha value is -1.47. The van der Waals surface area contributed by atoms with E-state index in [-0.39, 0.29) is 17.5 Å². The number of nitro groups is 1. The number of anilines is 1. The van der Waals surface area contributed by atoms with Gasteiger partial charge in [0.1, 0.15) is 5.69 Å². The Kier molecular flexibility index (Phi) is 3.63. The van der Waals surface area contributed by atoms with Crippen molar-refractivity contribution < 1.29 is 9.72 Å². The molecule has 0 aliphatic carbocycles. The van der Waals surface area contributed by atoms with Gasteiger partial charge in [-0.2, -0.15) is 0 Å². The number of benzene rings is 1. The molecule has 1 aromatic rings. The lowest BCUT2D eigenvalue weighted by molar-refractivity contribution is -0.384. The molecule has 18 heavy (non-hydrogen) atoms. The standard InChI is InChI=1S/C11H12BrN3O3/c12-8-1-2-9(10(4-8)15(17)18)14-6-7(5-13)3-11(14)16/h1-2,4,7H,3,5-6,13H2. The smallest absolute Gasteiger partial charge is 0.294 e. The maximum atomic E-state index is 11.8. The third-order valence-corrected chi connectivity index (χ3v) is 3.46. The van der Waals surface area contributed by atoms with Crippen LogP contribution in [-0.4, -0.2) is 23.9 Å². The molecule has 0 spiro atoms. The van der Waals surface area contributed by atoms with Crippen molar-refractivity contribution in [2.75, 3.05) is 18.0 Å². The van der Waals surface area contributed by atoms with E-state index in [1.807, 2.05) is 0 Å². The molecule has 1 heterocycles. The van der Waals surface area contributed by atoms with Crippen LogP contribution in [0, 0.1) is 16.0 Å². The van der Waals surface area contributed by atoms with E-state index in [9.17, 15) is 14.9 Å². The van der Waals surface area contributed by atoms with Crippen LogP contribution in [0.4, 0.5) is 11.4 Å². The van der Waals surface area contributed by atoms with Gasteiger partial charge in [0.25, 0.3) is 5.69 Å². The number of hydrogen-bond donors (Lipinski definition) is 1. The van der Waals surface area contributed by atoms with Crippen molar-refractivity contribution in [1.82, 2.24) is 0 Å². The molecule has 1 fully saturated rings. The first-order chi connectivity index (χ1) is 8.52. The highest BCUT2D eigenvalue weighted by atomic mass is 79.9. The molecule has 1 atom stereocenters. The monoisotopic (exact) mass is 313 g/mol. The maximum absolute atomic E-state index is 11.8. The third-order valence-electron chi connectivity index (χ3n) is 2.96. The zero-order chi connectivity index (χ0) is 13.3. The molecule has 0 aromatic heterocycles. The lowest BCUT2D eigenvalue weighted by Crippen LogP contribution is -2.26. The van der Waals surface area contributed by atoms with E-state index < -0.39 is 4.92 Å². The molecule has 7 heteroatoms. The second-order valence-corrected chi connectivity index (χ2v) is 5.12. The largest absolute Gasteiger partial charge is 0.330 e. The second-order valence-electron chi connectivity index (χ2n) is 4.20. The molecular formula is C11H12BrN3O3. The summed E-state index contributed by atoms with van der Waals surface area (Å²) < 4.78 is 0.611. The van der Waals surface area contributed by atoms with Crippen molar-refractivity contribution in [2.45, 2.75) is 6.42 Å². The predicted molar refractivity (Wildman–Crippen MR) is 70.3 cm³/mol. The third kappa shape index (κ3) is 2.37. The Balaban J connectivity index is 2.39. The fraction of sp³-hybridized carbons (Fsp3) is 0.364. The molecule has 96 valence electrons.